The van der Waals surface area contributed by atoms with Gasteiger partial charge in [0.1, 0.15) is 12.4 Å². The molecule has 1 heterocycles. The number of hydrogen-bond acceptors (Lipinski definition) is 4. The maximum absolute atomic E-state index is 10.5. The number of rotatable bonds is 6. The Morgan fingerprint density at radius 1 is 1.50 bits per heavy atom. The summed E-state index contributed by atoms with van der Waals surface area (Å²) in [5, 5.41) is 9.30. The van der Waals surface area contributed by atoms with Crippen LogP contribution in [0.5, 0.6) is 5.75 Å². The number of nitrogens with zero attached hydrogens (tertiary/aromatic N) is 1. The van der Waals surface area contributed by atoms with Crippen molar-refractivity contribution in [2.75, 3.05) is 26.8 Å². The smallest absolute Gasteiger partial charge is 0.329 e. The summed E-state index contributed by atoms with van der Waals surface area (Å²) in [4.78, 5) is 12.7. The summed E-state index contributed by atoms with van der Waals surface area (Å²) in [5.74, 6) is -0.185. The Kier molecular flexibility index (Phi) is 4.52. The van der Waals surface area contributed by atoms with Crippen molar-refractivity contribution in [2.45, 2.75) is 19.1 Å². The number of methoxy groups -OCH3 is 1. The predicted molar refractivity (Wildman–Crippen MR) is 75.3 cm³/mol. The molecule has 1 saturated heterocycles. The normalized spacial score (nSPS) is 17.6. The van der Waals surface area contributed by atoms with Crippen LogP contribution in [0.1, 0.15) is 12.5 Å². The number of ether oxygens (including phenoxy) is 2. The fourth-order valence-corrected chi connectivity index (χ4v) is 2.67. The van der Waals surface area contributed by atoms with Crippen molar-refractivity contribution in [1.82, 2.24) is 4.90 Å². The summed E-state index contributed by atoms with van der Waals surface area (Å²) in [5.41, 5.74) is 0.546. The van der Waals surface area contributed by atoms with Crippen LogP contribution in [0.15, 0.2) is 18.2 Å². The number of aliphatic carboxylic acids is 1. The summed E-state index contributed by atoms with van der Waals surface area (Å²) in [6, 6.07) is 5.56. The lowest BCUT2D eigenvalue weighted by Crippen LogP contribution is -2.61. The lowest BCUT2D eigenvalue weighted by atomic mass is 9.95. The monoisotopic (exact) mass is 299 g/mol. The average Bonchev–Trinajstić information content (AvgIpc) is 2.36. The third-order valence-electron chi connectivity index (χ3n) is 3.34. The zero-order valence-electron chi connectivity index (χ0n) is 11.6. The van der Waals surface area contributed by atoms with Crippen molar-refractivity contribution < 1.29 is 19.4 Å². The van der Waals surface area contributed by atoms with Gasteiger partial charge in [-0.15, -0.1) is 0 Å². The van der Waals surface area contributed by atoms with Crippen LogP contribution in [0.4, 0.5) is 0 Å². The van der Waals surface area contributed by atoms with E-state index >= 15 is 0 Å². The molecule has 2 rings (SSSR count). The molecule has 1 N–H and O–H groups in total. The molecular weight excluding hydrogens is 282 g/mol. The number of benzene rings is 1. The van der Waals surface area contributed by atoms with Crippen molar-refractivity contribution in [3.8, 4) is 5.75 Å². The number of carboxylic acid groups (broad SMARTS) is 1. The van der Waals surface area contributed by atoms with Crippen molar-refractivity contribution in [2.24, 2.45) is 0 Å². The molecule has 0 radical (unpaired) electrons. The van der Waals surface area contributed by atoms with E-state index in [1.165, 1.54) is 0 Å². The van der Waals surface area contributed by atoms with Crippen LogP contribution in [-0.2, 0) is 16.1 Å². The van der Waals surface area contributed by atoms with E-state index in [0.717, 1.165) is 11.3 Å². The number of halogens is 1. The Balaban J connectivity index is 1.93. The van der Waals surface area contributed by atoms with E-state index in [2.05, 4.69) is 4.90 Å². The van der Waals surface area contributed by atoms with E-state index in [1.54, 1.807) is 7.11 Å². The van der Waals surface area contributed by atoms with Gasteiger partial charge >= 0.3 is 5.97 Å². The van der Waals surface area contributed by atoms with Crippen LogP contribution in [0, 0.1) is 0 Å². The lowest BCUT2D eigenvalue weighted by Gasteiger charge is -2.47. The molecule has 0 unspecified atom stereocenters. The molecule has 0 aliphatic carbocycles. The Hall–Kier alpha value is -1.30. The fourth-order valence-electron chi connectivity index (χ4n) is 2.45. The first-order valence-corrected chi connectivity index (χ1v) is 6.71. The van der Waals surface area contributed by atoms with E-state index in [4.69, 9.17) is 26.2 Å². The highest BCUT2D eigenvalue weighted by Crippen LogP contribution is 2.32. The predicted octanol–water partition coefficient (Wildman–Crippen LogP) is 2.02. The van der Waals surface area contributed by atoms with Gasteiger partial charge in [-0.2, -0.15) is 0 Å². The minimum Gasteiger partial charge on any atom is -0.496 e. The molecule has 0 amide bonds. The van der Waals surface area contributed by atoms with Gasteiger partial charge in [0.05, 0.1) is 12.7 Å². The van der Waals surface area contributed by atoms with E-state index in [1.807, 2.05) is 25.1 Å². The quantitative estimate of drug-likeness (QED) is 0.871. The largest absolute Gasteiger partial charge is 0.496 e. The zero-order valence-corrected chi connectivity index (χ0v) is 12.3. The molecule has 0 spiro atoms. The van der Waals surface area contributed by atoms with Crippen molar-refractivity contribution >= 4 is 17.6 Å². The van der Waals surface area contributed by atoms with Crippen LogP contribution < -0.4 is 4.74 Å². The SMILES string of the molecule is COc1cccc(Cl)c1CN1CC(C)(OCC(=O)O)C1. The Labute approximate surface area is 123 Å². The lowest BCUT2D eigenvalue weighted by molar-refractivity contribution is -0.165. The maximum atomic E-state index is 10.5. The first-order chi connectivity index (χ1) is 9.43. The molecule has 1 aliphatic heterocycles. The number of hydrogen-bond donors (Lipinski definition) is 1. The molecule has 6 heteroatoms. The molecule has 1 fully saturated rings. The fraction of sp³-hybridized carbons (Fsp3) is 0.500. The summed E-state index contributed by atoms with van der Waals surface area (Å²) in [6.45, 7) is 3.66. The maximum Gasteiger partial charge on any atom is 0.329 e. The number of carboxylic acids is 1. The Bertz CT molecular complexity index is 500. The molecule has 1 aromatic carbocycles. The molecular formula is C14H18ClNO4. The molecule has 110 valence electrons. The molecule has 0 bridgehead atoms. The van der Waals surface area contributed by atoms with Crippen molar-refractivity contribution in [1.29, 1.82) is 0 Å². The van der Waals surface area contributed by atoms with Gasteiger partial charge in [-0.25, -0.2) is 4.79 Å². The van der Waals surface area contributed by atoms with Crippen LogP contribution in [0.3, 0.4) is 0 Å². The third kappa shape index (κ3) is 3.42. The molecule has 1 aliphatic rings. The van der Waals surface area contributed by atoms with Crippen LogP contribution in [0.2, 0.25) is 5.02 Å². The highest BCUT2D eigenvalue weighted by Gasteiger charge is 2.40. The van der Waals surface area contributed by atoms with Gasteiger partial charge in [0.15, 0.2) is 0 Å². The van der Waals surface area contributed by atoms with Crippen LogP contribution in [-0.4, -0.2) is 48.4 Å². The van der Waals surface area contributed by atoms with E-state index < -0.39 is 11.6 Å². The van der Waals surface area contributed by atoms with Gasteiger partial charge in [0.25, 0.3) is 0 Å². The van der Waals surface area contributed by atoms with Gasteiger partial charge in [0, 0.05) is 30.2 Å². The standard InChI is InChI=1S/C14H18ClNO4/c1-14(20-7-13(17)18)8-16(9-14)6-10-11(15)4-3-5-12(10)19-2/h3-5H,6-9H2,1-2H3,(H,17,18). The highest BCUT2D eigenvalue weighted by molar-refractivity contribution is 6.31. The topological polar surface area (TPSA) is 59.0 Å². The summed E-state index contributed by atoms with van der Waals surface area (Å²) in [6.07, 6.45) is 0. The second-order valence-electron chi connectivity index (χ2n) is 5.20. The Morgan fingerprint density at radius 2 is 2.20 bits per heavy atom. The van der Waals surface area contributed by atoms with Crippen LogP contribution in [0.25, 0.3) is 0 Å². The highest BCUT2D eigenvalue weighted by atomic mass is 35.5. The van der Waals surface area contributed by atoms with Gasteiger partial charge in [-0.3, -0.25) is 4.90 Å². The first-order valence-electron chi connectivity index (χ1n) is 6.33. The van der Waals surface area contributed by atoms with E-state index in [0.29, 0.717) is 24.7 Å². The summed E-state index contributed by atoms with van der Waals surface area (Å²) < 4.78 is 10.7. The van der Waals surface area contributed by atoms with E-state index in [-0.39, 0.29) is 6.61 Å². The summed E-state index contributed by atoms with van der Waals surface area (Å²) in [7, 11) is 1.62. The van der Waals surface area contributed by atoms with Gasteiger partial charge < -0.3 is 14.6 Å². The minimum atomic E-state index is -0.947. The zero-order chi connectivity index (χ0) is 14.8. The third-order valence-corrected chi connectivity index (χ3v) is 3.69. The molecule has 0 saturated carbocycles. The van der Waals surface area contributed by atoms with Crippen molar-refractivity contribution in [3.63, 3.8) is 0 Å². The molecule has 20 heavy (non-hydrogen) atoms. The van der Waals surface area contributed by atoms with Crippen molar-refractivity contribution in [3.05, 3.63) is 28.8 Å². The van der Waals surface area contributed by atoms with Gasteiger partial charge in [-0.05, 0) is 19.1 Å². The Morgan fingerprint density at radius 3 is 2.80 bits per heavy atom. The average molecular weight is 300 g/mol. The molecule has 0 aromatic heterocycles. The van der Waals surface area contributed by atoms with Gasteiger partial charge in [0.2, 0.25) is 0 Å². The number of likely N-dealkylation sites (tertiary alicyclic amines) is 1. The minimum absolute atomic E-state index is 0.264. The molecule has 1 aromatic rings. The molecule has 5 nitrogen and oxygen atoms in total. The van der Waals surface area contributed by atoms with E-state index in [9.17, 15) is 4.79 Å². The van der Waals surface area contributed by atoms with Crippen LogP contribution >= 0.6 is 11.6 Å². The summed E-state index contributed by atoms with van der Waals surface area (Å²) >= 11 is 6.19. The number of carbonyl (C=O) groups is 1. The molecule has 0 atom stereocenters. The second-order valence-corrected chi connectivity index (χ2v) is 5.61. The second kappa shape index (κ2) is 5.99. The van der Waals surface area contributed by atoms with Gasteiger partial charge in [-0.1, -0.05) is 17.7 Å². The first kappa shape index (κ1) is 15.1.